The van der Waals surface area contributed by atoms with Crippen molar-refractivity contribution in [2.24, 2.45) is 5.92 Å². The number of hydrogen-bond acceptors (Lipinski definition) is 3. The highest BCUT2D eigenvalue weighted by Gasteiger charge is 2.24. The van der Waals surface area contributed by atoms with E-state index in [0.29, 0.717) is 6.07 Å². The Morgan fingerprint density at radius 1 is 1.24 bits per heavy atom. The van der Waals surface area contributed by atoms with Crippen LogP contribution < -0.4 is 4.72 Å². The van der Waals surface area contributed by atoms with Crippen molar-refractivity contribution in [1.29, 1.82) is 0 Å². The zero-order valence-electron chi connectivity index (χ0n) is 11.6. The minimum absolute atomic E-state index is 0.117. The number of likely N-dealkylation sites (tertiary alicyclic amines) is 1. The fourth-order valence-corrected chi connectivity index (χ4v) is 3.64. The fraction of sp³-hybridized carbons (Fsp3) is 0.538. The standard InChI is InChI=1S/C13H17F3N2O2S/c1-18-4-2-3-9(8-18)7-17-21(19,20)13-6-11(15)10(14)5-12(13)16/h5-6,9,17H,2-4,7-8H2,1H3. The maximum Gasteiger partial charge on any atom is 0.243 e. The molecule has 0 aliphatic carbocycles. The Morgan fingerprint density at radius 3 is 2.57 bits per heavy atom. The summed E-state index contributed by atoms with van der Waals surface area (Å²) in [6, 6.07) is 0.596. The minimum Gasteiger partial charge on any atom is -0.306 e. The Kier molecular flexibility index (Phi) is 4.90. The summed E-state index contributed by atoms with van der Waals surface area (Å²) < 4.78 is 65.7. The fourth-order valence-electron chi connectivity index (χ4n) is 2.46. The summed E-state index contributed by atoms with van der Waals surface area (Å²) >= 11 is 0. The van der Waals surface area contributed by atoms with Gasteiger partial charge in [-0.3, -0.25) is 0 Å². The van der Waals surface area contributed by atoms with Crippen LogP contribution in [0, 0.1) is 23.4 Å². The molecular weight excluding hydrogens is 305 g/mol. The van der Waals surface area contributed by atoms with Gasteiger partial charge in [0.25, 0.3) is 0 Å². The van der Waals surface area contributed by atoms with Gasteiger partial charge in [0.2, 0.25) is 10.0 Å². The molecule has 0 amide bonds. The summed E-state index contributed by atoms with van der Waals surface area (Å²) in [5, 5.41) is 0. The molecule has 1 aromatic rings. The lowest BCUT2D eigenvalue weighted by atomic mass is 9.99. The Labute approximate surface area is 122 Å². The maximum absolute atomic E-state index is 13.5. The van der Waals surface area contributed by atoms with E-state index in [1.54, 1.807) is 0 Å². The Morgan fingerprint density at radius 2 is 1.90 bits per heavy atom. The quantitative estimate of drug-likeness (QED) is 0.859. The van der Waals surface area contributed by atoms with Crippen LogP contribution in [0.4, 0.5) is 13.2 Å². The van der Waals surface area contributed by atoms with E-state index in [1.165, 1.54) is 0 Å². The van der Waals surface area contributed by atoms with Gasteiger partial charge in [0.05, 0.1) is 0 Å². The zero-order valence-corrected chi connectivity index (χ0v) is 12.4. The SMILES string of the molecule is CN1CCCC(CNS(=O)(=O)c2cc(F)c(F)cc2F)C1. The van der Waals surface area contributed by atoms with Gasteiger partial charge in [0.15, 0.2) is 11.6 Å². The first-order valence-corrected chi connectivity index (χ1v) is 8.10. The van der Waals surface area contributed by atoms with E-state index in [0.717, 1.165) is 25.9 Å². The van der Waals surface area contributed by atoms with Crippen LogP contribution in [0.25, 0.3) is 0 Å². The number of hydrogen-bond donors (Lipinski definition) is 1. The van der Waals surface area contributed by atoms with Gasteiger partial charge in [-0.15, -0.1) is 0 Å². The van der Waals surface area contributed by atoms with E-state index in [4.69, 9.17) is 0 Å². The van der Waals surface area contributed by atoms with Crippen molar-refractivity contribution in [3.05, 3.63) is 29.6 Å². The normalized spacial score (nSPS) is 20.7. The van der Waals surface area contributed by atoms with Gasteiger partial charge >= 0.3 is 0 Å². The molecule has 4 nitrogen and oxygen atoms in total. The summed E-state index contributed by atoms with van der Waals surface area (Å²) in [5.74, 6) is -4.00. The molecule has 21 heavy (non-hydrogen) atoms. The third-order valence-electron chi connectivity index (χ3n) is 3.55. The van der Waals surface area contributed by atoms with Crippen LogP contribution in [-0.2, 0) is 10.0 Å². The number of benzene rings is 1. The van der Waals surface area contributed by atoms with Gasteiger partial charge in [-0.2, -0.15) is 0 Å². The molecule has 1 aromatic carbocycles. The van der Waals surface area contributed by atoms with Crippen LogP contribution in [-0.4, -0.2) is 40.0 Å². The molecule has 1 N–H and O–H groups in total. The lowest BCUT2D eigenvalue weighted by molar-refractivity contribution is 0.211. The van der Waals surface area contributed by atoms with Gasteiger partial charge in [-0.1, -0.05) is 0 Å². The number of nitrogens with one attached hydrogen (secondary N) is 1. The third-order valence-corrected chi connectivity index (χ3v) is 4.99. The van der Waals surface area contributed by atoms with Crippen molar-refractivity contribution < 1.29 is 21.6 Å². The molecule has 1 aliphatic heterocycles. The first-order chi connectivity index (χ1) is 9.79. The summed E-state index contributed by atoms with van der Waals surface area (Å²) in [5.41, 5.74) is 0. The number of piperidine rings is 1. The van der Waals surface area contributed by atoms with E-state index in [9.17, 15) is 21.6 Å². The highest BCUT2D eigenvalue weighted by molar-refractivity contribution is 7.89. The Hall–Kier alpha value is -1.12. The average Bonchev–Trinajstić information content (AvgIpc) is 2.41. The molecule has 0 aromatic heterocycles. The highest BCUT2D eigenvalue weighted by atomic mass is 32.2. The van der Waals surface area contributed by atoms with Crippen LogP contribution in [0.15, 0.2) is 17.0 Å². The van der Waals surface area contributed by atoms with E-state index < -0.39 is 32.4 Å². The van der Waals surface area contributed by atoms with Crippen molar-refractivity contribution in [2.75, 3.05) is 26.7 Å². The Balaban J connectivity index is 2.10. The molecular formula is C13H17F3N2O2S. The molecule has 1 unspecified atom stereocenters. The molecule has 1 atom stereocenters. The predicted molar refractivity (Wildman–Crippen MR) is 71.7 cm³/mol. The lowest BCUT2D eigenvalue weighted by Crippen LogP contribution is -2.39. The first-order valence-electron chi connectivity index (χ1n) is 6.62. The lowest BCUT2D eigenvalue weighted by Gasteiger charge is -2.29. The molecule has 118 valence electrons. The van der Waals surface area contributed by atoms with Gasteiger partial charge < -0.3 is 4.90 Å². The molecule has 1 aliphatic rings. The molecule has 0 radical (unpaired) electrons. The van der Waals surface area contributed by atoms with E-state index in [2.05, 4.69) is 9.62 Å². The van der Waals surface area contributed by atoms with Gasteiger partial charge in [-0.05, 0) is 38.4 Å². The Bertz CT molecular complexity index is 622. The second-order valence-corrected chi connectivity index (χ2v) is 7.05. The van der Waals surface area contributed by atoms with Gasteiger partial charge in [0, 0.05) is 19.2 Å². The summed E-state index contributed by atoms with van der Waals surface area (Å²) in [6.45, 7) is 1.84. The molecule has 0 spiro atoms. The second-order valence-electron chi connectivity index (χ2n) is 5.32. The molecule has 1 heterocycles. The number of rotatable bonds is 4. The average molecular weight is 322 g/mol. The van der Waals surface area contributed by atoms with Crippen molar-refractivity contribution in [2.45, 2.75) is 17.7 Å². The van der Waals surface area contributed by atoms with Crippen LogP contribution in [0.5, 0.6) is 0 Å². The molecule has 0 bridgehead atoms. The zero-order chi connectivity index (χ0) is 15.6. The monoisotopic (exact) mass is 322 g/mol. The largest absolute Gasteiger partial charge is 0.306 e. The number of halogens is 3. The molecule has 0 saturated carbocycles. The van der Waals surface area contributed by atoms with Gasteiger partial charge in [0.1, 0.15) is 10.7 Å². The molecule has 1 saturated heterocycles. The van der Waals surface area contributed by atoms with Crippen molar-refractivity contribution in [3.8, 4) is 0 Å². The van der Waals surface area contributed by atoms with Crippen LogP contribution in [0.2, 0.25) is 0 Å². The van der Waals surface area contributed by atoms with E-state index in [-0.39, 0.29) is 18.5 Å². The topological polar surface area (TPSA) is 49.4 Å². The van der Waals surface area contributed by atoms with E-state index in [1.807, 2.05) is 7.05 Å². The molecule has 8 heteroatoms. The van der Waals surface area contributed by atoms with Crippen LogP contribution in [0.1, 0.15) is 12.8 Å². The number of sulfonamides is 1. The van der Waals surface area contributed by atoms with Crippen LogP contribution in [0.3, 0.4) is 0 Å². The van der Waals surface area contributed by atoms with Crippen LogP contribution >= 0.6 is 0 Å². The maximum atomic E-state index is 13.5. The minimum atomic E-state index is -4.20. The second kappa shape index (κ2) is 6.33. The molecule has 1 fully saturated rings. The summed E-state index contributed by atoms with van der Waals surface area (Å²) in [4.78, 5) is 1.21. The summed E-state index contributed by atoms with van der Waals surface area (Å²) in [6.07, 6.45) is 1.83. The predicted octanol–water partition coefficient (Wildman–Crippen LogP) is 1.72. The van der Waals surface area contributed by atoms with Gasteiger partial charge in [-0.25, -0.2) is 26.3 Å². The first kappa shape index (κ1) is 16.3. The van der Waals surface area contributed by atoms with Crippen molar-refractivity contribution in [1.82, 2.24) is 9.62 Å². The molecule has 2 rings (SSSR count). The highest BCUT2D eigenvalue weighted by Crippen LogP contribution is 2.19. The summed E-state index contributed by atoms with van der Waals surface area (Å²) in [7, 11) is -2.26. The number of nitrogens with zero attached hydrogens (tertiary/aromatic N) is 1. The third kappa shape index (κ3) is 3.96. The van der Waals surface area contributed by atoms with Crippen molar-refractivity contribution >= 4 is 10.0 Å². The van der Waals surface area contributed by atoms with E-state index >= 15 is 0 Å². The smallest absolute Gasteiger partial charge is 0.243 e. The van der Waals surface area contributed by atoms with Crippen molar-refractivity contribution in [3.63, 3.8) is 0 Å².